The molecule has 0 unspecified atom stereocenters. The Labute approximate surface area is 134 Å². The first-order valence-electron chi connectivity index (χ1n) is 6.86. The van der Waals surface area contributed by atoms with Gasteiger partial charge in [-0.2, -0.15) is 5.10 Å². The number of carbonyl (C=O) groups is 1. The maximum Gasteiger partial charge on any atom is 0.292 e. The van der Waals surface area contributed by atoms with Crippen LogP contribution in [0.3, 0.4) is 0 Å². The summed E-state index contributed by atoms with van der Waals surface area (Å²) in [7, 11) is 1.88. The van der Waals surface area contributed by atoms with Crippen LogP contribution in [0.4, 0.5) is 5.69 Å². The van der Waals surface area contributed by atoms with E-state index in [0.717, 1.165) is 22.3 Å². The fourth-order valence-corrected chi connectivity index (χ4v) is 3.02. The number of fused-ring (bicyclic) bond motifs is 2. The summed E-state index contributed by atoms with van der Waals surface area (Å²) in [5.41, 5.74) is 3.20. The summed E-state index contributed by atoms with van der Waals surface area (Å²) in [6.07, 6.45) is 6.16. The van der Waals surface area contributed by atoms with Crippen molar-refractivity contribution in [2.45, 2.75) is 6.42 Å². The van der Waals surface area contributed by atoms with Crippen LogP contribution in [-0.4, -0.2) is 44.1 Å². The molecular formula is C14H13BrN6O. The number of nitrogens with zero attached hydrogens (tertiary/aromatic N) is 5. The van der Waals surface area contributed by atoms with E-state index in [1.165, 1.54) is 0 Å². The molecule has 1 aliphatic heterocycles. The molecule has 0 spiro atoms. The summed E-state index contributed by atoms with van der Waals surface area (Å²) in [5.74, 6) is -0.129. The van der Waals surface area contributed by atoms with Crippen LogP contribution < -0.4 is 5.01 Å². The molecule has 1 N–H and O–H groups in total. The van der Waals surface area contributed by atoms with E-state index >= 15 is 0 Å². The van der Waals surface area contributed by atoms with Gasteiger partial charge in [-0.3, -0.25) is 9.80 Å². The highest BCUT2D eigenvalue weighted by molar-refractivity contribution is 9.10. The van der Waals surface area contributed by atoms with Crippen LogP contribution in [-0.2, 0) is 6.42 Å². The normalized spacial score (nSPS) is 14.5. The quantitative estimate of drug-likeness (QED) is 0.719. The van der Waals surface area contributed by atoms with Crippen LogP contribution in [0.2, 0.25) is 0 Å². The molecule has 0 aromatic carbocycles. The van der Waals surface area contributed by atoms with Crippen LogP contribution in [0.15, 0.2) is 35.2 Å². The Morgan fingerprint density at radius 2 is 2.32 bits per heavy atom. The van der Waals surface area contributed by atoms with Crippen LogP contribution >= 0.6 is 15.9 Å². The van der Waals surface area contributed by atoms with Crippen molar-refractivity contribution in [3.05, 3.63) is 46.6 Å². The van der Waals surface area contributed by atoms with E-state index in [2.05, 4.69) is 31.0 Å². The zero-order valence-corrected chi connectivity index (χ0v) is 13.4. The van der Waals surface area contributed by atoms with E-state index in [4.69, 9.17) is 0 Å². The largest absolute Gasteiger partial charge is 0.363 e. The summed E-state index contributed by atoms with van der Waals surface area (Å²) >= 11 is 3.35. The monoisotopic (exact) mass is 360 g/mol. The third kappa shape index (κ3) is 1.98. The van der Waals surface area contributed by atoms with Gasteiger partial charge in [0.15, 0.2) is 11.3 Å². The lowest BCUT2D eigenvalue weighted by Crippen LogP contribution is -2.48. The van der Waals surface area contributed by atoms with E-state index in [1.807, 2.05) is 24.3 Å². The lowest BCUT2D eigenvalue weighted by molar-refractivity contribution is 0.0732. The molecule has 22 heavy (non-hydrogen) atoms. The number of nitrogens with one attached hydrogen (secondary N) is 1. The first kappa shape index (κ1) is 13.3. The van der Waals surface area contributed by atoms with Gasteiger partial charge >= 0.3 is 0 Å². The van der Waals surface area contributed by atoms with Crippen molar-refractivity contribution in [3.63, 3.8) is 0 Å². The van der Waals surface area contributed by atoms with Crippen LogP contribution in [0.1, 0.15) is 16.2 Å². The fraction of sp³-hybridized carbons (Fsp3) is 0.214. The Hall–Kier alpha value is -2.35. The molecule has 0 saturated heterocycles. The molecule has 7 nitrogen and oxygen atoms in total. The number of hydrogen-bond acceptors (Lipinski definition) is 4. The van der Waals surface area contributed by atoms with Crippen molar-refractivity contribution >= 4 is 33.2 Å². The third-order valence-electron chi connectivity index (χ3n) is 3.83. The van der Waals surface area contributed by atoms with Crippen molar-refractivity contribution in [2.24, 2.45) is 0 Å². The molecule has 4 heterocycles. The van der Waals surface area contributed by atoms with Crippen molar-refractivity contribution in [1.29, 1.82) is 0 Å². The number of halogens is 1. The minimum Gasteiger partial charge on any atom is -0.363 e. The summed E-state index contributed by atoms with van der Waals surface area (Å²) in [6.45, 7) is 0.619. The molecule has 3 aromatic heterocycles. The number of amides is 1. The second kappa shape index (κ2) is 4.84. The second-order valence-electron chi connectivity index (χ2n) is 5.15. The van der Waals surface area contributed by atoms with Gasteiger partial charge in [0.2, 0.25) is 0 Å². The molecule has 0 bridgehead atoms. The van der Waals surface area contributed by atoms with Crippen molar-refractivity contribution in [2.75, 3.05) is 18.6 Å². The first-order valence-corrected chi connectivity index (χ1v) is 7.65. The second-order valence-corrected chi connectivity index (χ2v) is 6.06. The van der Waals surface area contributed by atoms with Gasteiger partial charge in [0, 0.05) is 50.4 Å². The predicted octanol–water partition coefficient (Wildman–Crippen LogP) is 1.87. The molecule has 4 rings (SSSR count). The number of aromatic amines is 1. The van der Waals surface area contributed by atoms with E-state index in [1.54, 1.807) is 28.0 Å². The minimum absolute atomic E-state index is 0.129. The van der Waals surface area contributed by atoms with Crippen LogP contribution in [0.25, 0.3) is 5.65 Å². The van der Waals surface area contributed by atoms with Gasteiger partial charge in [-0.25, -0.2) is 14.5 Å². The zero-order valence-electron chi connectivity index (χ0n) is 11.8. The molecule has 0 saturated carbocycles. The molecule has 112 valence electrons. The van der Waals surface area contributed by atoms with Crippen LogP contribution in [0.5, 0.6) is 0 Å². The topological polar surface area (TPSA) is 69.5 Å². The highest BCUT2D eigenvalue weighted by Crippen LogP contribution is 2.26. The molecule has 0 atom stereocenters. The molecule has 0 aliphatic carbocycles. The molecule has 1 amide bonds. The zero-order chi connectivity index (χ0) is 15.3. The number of hydrogen-bond donors (Lipinski definition) is 1. The van der Waals surface area contributed by atoms with Crippen molar-refractivity contribution < 1.29 is 4.79 Å². The third-order valence-corrected chi connectivity index (χ3v) is 4.24. The molecule has 0 radical (unpaired) electrons. The number of rotatable bonds is 1. The lowest BCUT2D eigenvalue weighted by Gasteiger charge is -2.36. The van der Waals surface area contributed by atoms with Gasteiger partial charge in [-0.15, -0.1) is 0 Å². The number of aromatic nitrogens is 4. The summed E-state index contributed by atoms with van der Waals surface area (Å²) in [6, 6.07) is 3.67. The highest BCUT2D eigenvalue weighted by Gasteiger charge is 2.28. The number of anilines is 1. The molecule has 3 aromatic rings. The Bertz CT molecular complexity index is 869. The van der Waals surface area contributed by atoms with E-state index in [0.29, 0.717) is 17.9 Å². The number of hydrazine groups is 1. The average molecular weight is 361 g/mol. The maximum absolute atomic E-state index is 12.8. The average Bonchev–Trinajstić information content (AvgIpc) is 3.12. The van der Waals surface area contributed by atoms with Gasteiger partial charge in [0.25, 0.3) is 5.91 Å². The molecular weight excluding hydrogens is 348 g/mol. The molecule has 8 heteroatoms. The Balaban J connectivity index is 1.68. The molecule has 1 aliphatic rings. The van der Waals surface area contributed by atoms with E-state index < -0.39 is 0 Å². The van der Waals surface area contributed by atoms with Gasteiger partial charge in [-0.1, -0.05) is 0 Å². The molecule has 0 fully saturated rings. The van der Waals surface area contributed by atoms with E-state index in [9.17, 15) is 4.79 Å². The fourth-order valence-electron chi connectivity index (χ4n) is 2.73. The lowest BCUT2D eigenvalue weighted by atomic mass is 10.2. The Morgan fingerprint density at radius 1 is 1.45 bits per heavy atom. The summed E-state index contributed by atoms with van der Waals surface area (Å²) in [5, 5.41) is 7.89. The van der Waals surface area contributed by atoms with Gasteiger partial charge in [0.1, 0.15) is 0 Å². The Kier molecular flexibility index (Phi) is 2.93. The standard InChI is InChI=1S/C14H13BrN6O/c1-19-12-2-4-16-10(12)3-5-21(19)14(22)11-6-13-17-7-9(15)8-20(13)18-11/h2,4,6-8,16H,3,5H2,1H3. The van der Waals surface area contributed by atoms with Gasteiger partial charge < -0.3 is 4.98 Å². The Morgan fingerprint density at radius 3 is 3.18 bits per heavy atom. The number of H-pyrrole nitrogens is 1. The predicted molar refractivity (Wildman–Crippen MR) is 84.6 cm³/mol. The maximum atomic E-state index is 12.8. The minimum atomic E-state index is -0.129. The summed E-state index contributed by atoms with van der Waals surface area (Å²) in [4.78, 5) is 20.2. The number of carbonyl (C=O) groups excluding carboxylic acids is 1. The van der Waals surface area contributed by atoms with Crippen LogP contribution in [0, 0.1) is 0 Å². The smallest absolute Gasteiger partial charge is 0.292 e. The summed E-state index contributed by atoms with van der Waals surface area (Å²) < 4.78 is 2.41. The van der Waals surface area contributed by atoms with Gasteiger partial charge in [0.05, 0.1) is 10.2 Å². The van der Waals surface area contributed by atoms with E-state index in [-0.39, 0.29) is 5.91 Å². The van der Waals surface area contributed by atoms with Crippen molar-refractivity contribution in [3.8, 4) is 0 Å². The van der Waals surface area contributed by atoms with Crippen molar-refractivity contribution in [1.82, 2.24) is 24.6 Å². The van der Waals surface area contributed by atoms with Gasteiger partial charge in [-0.05, 0) is 22.0 Å². The highest BCUT2D eigenvalue weighted by atomic mass is 79.9. The SMILES string of the molecule is CN1c2cc[nH]c2CCN1C(=O)c1cc2ncc(Br)cn2n1. The first-order chi connectivity index (χ1) is 10.6.